The van der Waals surface area contributed by atoms with E-state index in [9.17, 15) is 17.8 Å². The number of amides is 2. The number of carbonyl (C=O) groups excluding carboxylic acids is 1. The zero-order valence-electron chi connectivity index (χ0n) is 15.5. The summed E-state index contributed by atoms with van der Waals surface area (Å²) in [7, 11) is -5.01. The summed E-state index contributed by atoms with van der Waals surface area (Å²) in [4.78, 5) is 13.8. The summed E-state index contributed by atoms with van der Waals surface area (Å²) < 4.78 is 42.5. The van der Waals surface area contributed by atoms with Gasteiger partial charge in [0.05, 0.1) is 6.04 Å². The van der Waals surface area contributed by atoms with Crippen LogP contribution in [0.2, 0.25) is 0 Å². The van der Waals surface area contributed by atoms with Gasteiger partial charge in [-0.2, -0.15) is 9.35 Å². The van der Waals surface area contributed by atoms with Crippen molar-refractivity contribution in [2.75, 3.05) is 26.2 Å². The van der Waals surface area contributed by atoms with E-state index in [1.807, 2.05) is 0 Å². The second-order valence-electron chi connectivity index (χ2n) is 6.94. The van der Waals surface area contributed by atoms with Gasteiger partial charge in [-0.1, -0.05) is 0 Å². The second kappa shape index (κ2) is 7.31. The highest BCUT2D eigenvalue weighted by Gasteiger charge is 2.48. The SMILES string of the molecule is O=C1N2C[C@@H](CC[C@H]2c2nnc(CCCNC3CNC3)o2)N1OS(=O)(=O)[O-].[H+]. The molecule has 27 heavy (non-hydrogen) atoms. The molecule has 13 heteroatoms. The highest BCUT2D eigenvalue weighted by molar-refractivity contribution is 7.80. The molecular weight excluding hydrogens is 380 g/mol. The fourth-order valence-corrected chi connectivity index (χ4v) is 3.95. The third-order valence-corrected chi connectivity index (χ3v) is 5.39. The van der Waals surface area contributed by atoms with Crippen LogP contribution in [0.4, 0.5) is 4.79 Å². The maximum absolute atomic E-state index is 12.4. The number of urea groups is 1. The maximum Gasteiger partial charge on any atom is 1.00 e. The molecule has 4 rings (SSSR count). The molecule has 1 aromatic heterocycles. The van der Waals surface area contributed by atoms with Crippen LogP contribution in [-0.2, 0) is 21.1 Å². The van der Waals surface area contributed by atoms with Gasteiger partial charge in [-0.3, -0.25) is 0 Å². The smallest absolute Gasteiger partial charge is 0.724 e. The van der Waals surface area contributed by atoms with Crippen LogP contribution in [0.1, 0.15) is 38.5 Å². The molecule has 4 heterocycles. The normalized spacial score (nSPS) is 25.9. The van der Waals surface area contributed by atoms with Crippen molar-refractivity contribution in [2.24, 2.45) is 0 Å². The molecule has 3 saturated heterocycles. The molecule has 0 radical (unpaired) electrons. The molecule has 0 spiro atoms. The van der Waals surface area contributed by atoms with Crippen molar-refractivity contribution < 1.29 is 27.9 Å². The first-order valence-electron chi connectivity index (χ1n) is 8.92. The fourth-order valence-electron chi connectivity index (χ4n) is 3.57. The van der Waals surface area contributed by atoms with E-state index in [-0.39, 0.29) is 7.97 Å². The molecule has 0 aliphatic carbocycles. The van der Waals surface area contributed by atoms with Crippen LogP contribution in [0.15, 0.2) is 4.42 Å². The molecule has 0 aromatic carbocycles. The zero-order valence-corrected chi connectivity index (χ0v) is 15.4. The van der Waals surface area contributed by atoms with E-state index in [1.165, 1.54) is 4.90 Å². The molecule has 3 aliphatic heterocycles. The van der Waals surface area contributed by atoms with Gasteiger partial charge in [-0.25, -0.2) is 13.2 Å². The minimum Gasteiger partial charge on any atom is -0.724 e. The van der Waals surface area contributed by atoms with Crippen molar-refractivity contribution in [1.82, 2.24) is 30.8 Å². The van der Waals surface area contributed by atoms with E-state index in [0.29, 0.717) is 42.1 Å². The first-order chi connectivity index (χ1) is 12.9. The zero-order chi connectivity index (χ0) is 19.0. The highest BCUT2D eigenvalue weighted by atomic mass is 32.3. The Morgan fingerprint density at radius 2 is 2.19 bits per heavy atom. The summed E-state index contributed by atoms with van der Waals surface area (Å²) in [6.45, 7) is 3.09. The van der Waals surface area contributed by atoms with Gasteiger partial charge in [0.2, 0.25) is 22.2 Å². The lowest BCUT2D eigenvalue weighted by atomic mass is 10.0. The van der Waals surface area contributed by atoms with Gasteiger partial charge < -0.3 is 24.5 Å². The lowest BCUT2D eigenvalue weighted by Crippen LogP contribution is -2.55. The van der Waals surface area contributed by atoms with Gasteiger partial charge in [-0.05, 0) is 25.8 Å². The van der Waals surface area contributed by atoms with E-state index in [4.69, 9.17) is 4.42 Å². The number of aryl methyl sites for hydroxylation is 1. The average Bonchev–Trinajstić information content (AvgIpc) is 3.12. The predicted molar refractivity (Wildman–Crippen MR) is 88.9 cm³/mol. The van der Waals surface area contributed by atoms with Crippen LogP contribution in [-0.4, -0.2) is 77.4 Å². The fraction of sp³-hybridized carbons (Fsp3) is 0.786. The maximum atomic E-state index is 12.4. The summed E-state index contributed by atoms with van der Waals surface area (Å²) in [5.41, 5.74) is 0. The Labute approximate surface area is 157 Å². The van der Waals surface area contributed by atoms with E-state index >= 15 is 0 Å². The molecular formula is C14H22N6O6S. The first kappa shape index (κ1) is 18.6. The van der Waals surface area contributed by atoms with Crippen LogP contribution < -0.4 is 10.6 Å². The summed E-state index contributed by atoms with van der Waals surface area (Å²) in [6, 6.07) is -1.08. The second-order valence-corrected chi connectivity index (χ2v) is 7.90. The Morgan fingerprint density at radius 3 is 2.89 bits per heavy atom. The largest absolute Gasteiger partial charge is 1.00 e. The van der Waals surface area contributed by atoms with Crippen molar-refractivity contribution in [3.8, 4) is 0 Å². The Kier molecular flexibility index (Phi) is 5.03. The number of nitrogens with one attached hydrogen (secondary N) is 2. The summed E-state index contributed by atoms with van der Waals surface area (Å²) in [5, 5.41) is 15.3. The molecule has 150 valence electrons. The van der Waals surface area contributed by atoms with Gasteiger partial charge in [0.1, 0.15) is 6.04 Å². The molecule has 2 atom stereocenters. The van der Waals surface area contributed by atoms with Crippen LogP contribution in [0.5, 0.6) is 0 Å². The molecule has 2 bridgehead atoms. The first-order valence-corrected chi connectivity index (χ1v) is 10.3. The van der Waals surface area contributed by atoms with Gasteiger partial charge in [0.15, 0.2) is 0 Å². The van der Waals surface area contributed by atoms with Crippen LogP contribution >= 0.6 is 0 Å². The van der Waals surface area contributed by atoms with Crippen molar-refractivity contribution in [1.29, 1.82) is 0 Å². The van der Waals surface area contributed by atoms with Gasteiger partial charge in [0, 0.05) is 32.1 Å². The molecule has 1 aromatic rings. The van der Waals surface area contributed by atoms with Crippen molar-refractivity contribution in [2.45, 2.75) is 43.8 Å². The molecule has 3 fully saturated rings. The monoisotopic (exact) mass is 402 g/mol. The highest BCUT2D eigenvalue weighted by Crippen LogP contribution is 2.38. The lowest BCUT2D eigenvalue weighted by molar-refractivity contribution is -0.0328. The number of fused-ring (bicyclic) bond motifs is 2. The average molecular weight is 402 g/mol. The number of rotatable bonds is 8. The van der Waals surface area contributed by atoms with Crippen LogP contribution in [0.25, 0.3) is 0 Å². The minimum absolute atomic E-state index is 0. The van der Waals surface area contributed by atoms with Crippen molar-refractivity contribution in [3.63, 3.8) is 0 Å². The van der Waals surface area contributed by atoms with Crippen LogP contribution in [0, 0.1) is 0 Å². The number of aromatic nitrogens is 2. The molecule has 3 aliphatic rings. The predicted octanol–water partition coefficient (Wildman–Crippen LogP) is -0.991. The Balaban J connectivity index is 0.00000225. The molecule has 0 saturated carbocycles. The van der Waals surface area contributed by atoms with Gasteiger partial charge in [-0.15, -0.1) is 10.2 Å². The van der Waals surface area contributed by atoms with E-state index in [2.05, 4.69) is 25.1 Å². The number of carbonyl (C=O) groups is 1. The van der Waals surface area contributed by atoms with E-state index < -0.39 is 28.5 Å². The molecule has 0 unspecified atom stereocenters. The molecule has 2 N–H and O–H groups in total. The molecule has 12 nitrogen and oxygen atoms in total. The van der Waals surface area contributed by atoms with Gasteiger partial charge in [0.25, 0.3) is 0 Å². The van der Waals surface area contributed by atoms with Crippen LogP contribution in [0.3, 0.4) is 0 Å². The third-order valence-electron chi connectivity index (χ3n) is 5.04. The van der Waals surface area contributed by atoms with E-state index in [0.717, 1.165) is 26.1 Å². The Morgan fingerprint density at radius 1 is 1.37 bits per heavy atom. The minimum atomic E-state index is -5.01. The Bertz CT molecular complexity index is 802. The number of hydroxylamine groups is 2. The summed E-state index contributed by atoms with van der Waals surface area (Å²) >= 11 is 0. The Hall–Kier alpha value is -1.80. The standard InChI is InChI=1S/C14H22N6O6S/c21-14-19-8-10(20(14)26-27(22,23)24)3-4-11(19)13-18-17-12(25-13)2-1-5-16-9-6-15-7-9/h9-11,15-16H,1-8H2,(H,22,23,24)/t10-,11+/m1/s1. The van der Waals surface area contributed by atoms with Gasteiger partial charge >= 0.3 is 7.46 Å². The number of hydrogen-bond donors (Lipinski definition) is 2. The number of piperidine rings is 1. The number of hydrogen-bond acceptors (Lipinski definition) is 10. The lowest BCUT2D eigenvalue weighted by Gasteiger charge is -2.28. The quantitative estimate of drug-likeness (QED) is 0.315. The van der Waals surface area contributed by atoms with E-state index in [1.54, 1.807) is 0 Å². The molecule has 2 amide bonds. The topological polar surface area (TPSA) is 153 Å². The summed E-state index contributed by atoms with van der Waals surface area (Å²) in [5.74, 6) is 0.822. The third kappa shape index (κ3) is 4.06. The van der Waals surface area contributed by atoms with Crippen molar-refractivity contribution in [3.05, 3.63) is 11.8 Å². The number of nitrogens with zero attached hydrogens (tertiary/aromatic N) is 4. The van der Waals surface area contributed by atoms with Crippen molar-refractivity contribution >= 4 is 16.4 Å². The summed E-state index contributed by atoms with van der Waals surface area (Å²) in [6.07, 6.45) is 2.48.